The Morgan fingerprint density at radius 2 is 2.05 bits per heavy atom. The summed E-state index contributed by atoms with van der Waals surface area (Å²) in [5.41, 5.74) is 0.926. The number of sulfonamides is 1. The summed E-state index contributed by atoms with van der Waals surface area (Å²) in [5, 5.41) is 13.1. The van der Waals surface area contributed by atoms with Crippen LogP contribution in [-0.2, 0) is 23.5 Å². The van der Waals surface area contributed by atoms with Crippen molar-refractivity contribution in [2.75, 3.05) is 6.61 Å². The monoisotopic (exact) mass is 329 g/mol. The Balaban J connectivity index is 2.18. The average Bonchev–Trinajstić information content (AvgIpc) is 2.79. The standard InChI is InChI=1S/C13H16ClN3O3S/c1-17-13(12(14)8-15-17)21(19,20)16-11(9-18)7-10-5-3-2-4-6-10/h2-6,8,11,16,18H,7,9H2,1H3/t11-/m0/s1. The first-order valence-corrected chi connectivity index (χ1v) is 8.15. The molecule has 0 amide bonds. The molecular formula is C13H16ClN3O3S. The van der Waals surface area contributed by atoms with Crippen molar-refractivity contribution >= 4 is 21.6 Å². The third-order valence-electron chi connectivity index (χ3n) is 2.96. The van der Waals surface area contributed by atoms with E-state index in [-0.39, 0.29) is 16.7 Å². The van der Waals surface area contributed by atoms with E-state index in [4.69, 9.17) is 11.6 Å². The van der Waals surface area contributed by atoms with Gasteiger partial charge in [0.1, 0.15) is 0 Å². The fraction of sp³-hybridized carbons (Fsp3) is 0.308. The maximum Gasteiger partial charge on any atom is 0.259 e. The number of hydrogen-bond acceptors (Lipinski definition) is 4. The van der Waals surface area contributed by atoms with Crippen molar-refractivity contribution < 1.29 is 13.5 Å². The van der Waals surface area contributed by atoms with Crippen LogP contribution in [0.5, 0.6) is 0 Å². The van der Waals surface area contributed by atoms with Crippen LogP contribution in [0.25, 0.3) is 0 Å². The minimum Gasteiger partial charge on any atom is -0.395 e. The second-order valence-corrected chi connectivity index (χ2v) is 6.65. The molecule has 8 heteroatoms. The van der Waals surface area contributed by atoms with Crippen LogP contribution < -0.4 is 4.72 Å². The van der Waals surface area contributed by atoms with Crippen LogP contribution in [0.4, 0.5) is 0 Å². The van der Waals surface area contributed by atoms with Crippen LogP contribution in [0, 0.1) is 0 Å². The summed E-state index contributed by atoms with van der Waals surface area (Å²) in [6, 6.07) is 8.69. The molecule has 2 aromatic rings. The van der Waals surface area contributed by atoms with Crippen molar-refractivity contribution in [3.05, 3.63) is 47.1 Å². The van der Waals surface area contributed by atoms with E-state index in [0.717, 1.165) is 5.56 Å². The molecule has 2 rings (SSSR count). The predicted octanol–water partition coefficient (Wildman–Crippen LogP) is 0.955. The Labute approximate surface area is 128 Å². The van der Waals surface area contributed by atoms with Gasteiger partial charge in [0.25, 0.3) is 10.0 Å². The van der Waals surface area contributed by atoms with E-state index in [9.17, 15) is 13.5 Å². The molecule has 114 valence electrons. The molecule has 1 atom stereocenters. The highest BCUT2D eigenvalue weighted by Gasteiger charge is 2.25. The number of aryl methyl sites for hydroxylation is 1. The molecule has 0 spiro atoms. The lowest BCUT2D eigenvalue weighted by atomic mass is 10.1. The van der Waals surface area contributed by atoms with Gasteiger partial charge in [-0.25, -0.2) is 13.1 Å². The first kappa shape index (κ1) is 16.0. The van der Waals surface area contributed by atoms with Crippen LogP contribution in [0.2, 0.25) is 5.02 Å². The molecule has 1 aromatic heterocycles. The molecule has 21 heavy (non-hydrogen) atoms. The van der Waals surface area contributed by atoms with Crippen LogP contribution in [0.1, 0.15) is 5.56 Å². The topological polar surface area (TPSA) is 84.2 Å². The highest BCUT2D eigenvalue weighted by atomic mass is 35.5. The molecule has 0 unspecified atom stereocenters. The van der Waals surface area contributed by atoms with Gasteiger partial charge < -0.3 is 5.11 Å². The number of nitrogens with zero attached hydrogens (tertiary/aromatic N) is 2. The third kappa shape index (κ3) is 3.82. The van der Waals surface area contributed by atoms with Gasteiger partial charge in [-0.1, -0.05) is 41.9 Å². The summed E-state index contributed by atoms with van der Waals surface area (Å²) < 4.78 is 28.3. The maximum atomic E-state index is 12.3. The molecule has 0 aliphatic rings. The minimum atomic E-state index is -3.85. The number of halogens is 1. The normalized spacial score (nSPS) is 13.3. The van der Waals surface area contributed by atoms with Crippen molar-refractivity contribution in [3.63, 3.8) is 0 Å². The van der Waals surface area contributed by atoms with Gasteiger partial charge in [-0.15, -0.1) is 0 Å². The van der Waals surface area contributed by atoms with Gasteiger partial charge in [0.05, 0.1) is 17.8 Å². The van der Waals surface area contributed by atoms with Gasteiger partial charge in [0.15, 0.2) is 5.03 Å². The lowest BCUT2D eigenvalue weighted by Gasteiger charge is -2.16. The Morgan fingerprint density at radius 3 is 2.57 bits per heavy atom. The van der Waals surface area contributed by atoms with Gasteiger partial charge in [0, 0.05) is 13.1 Å². The van der Waals surface area contributed by atoms with E-state index >= 15 is 0 Å². The van der Waals surface area contributed by atoms with Crippen LogP contribution in [-0.4, -0.2) is 36.0 Å². The van der Waals surface area contributed by atoms with Crippen LogP contribution in [0.15, 0.2) is 41.6 Å². The van der Waals surface area contributed by atoms with Gasteiger partial charge in [-0.2, -0.15) is 5.10 Å². The van der Waals surface area contributed by atoms with E-state index < -0.39 is 16.1 Å². The first-order chi connectivity index (χ1) is 9.94. The molecule has 0 saturated carbocycles. The fourth-order valence-electron chi connectivity index (χ4n) is 2.02. The van der Waals surface area contributed by atoms with E-state index in [2.05, 4.69) is 9.82 Å². The van der Waals surface area contributed by atoms with E-state index in [1.807, 2.05) is 30.3 Å². The van der Waals surface area contributed by atoms with E-state index in [0.29, 0.717) is 6.42 Å². The summed E-state index contributed by atoms with van der Waals surface area (Å²) in [6.45, 7) is -0.316. The van der Waals surface area contributed by atoms with Crippen molar-refractivity contribution in [1.29, 1.82) is 0 Å². The van der Waals surface area contributed by atoms with Gasteiger partial charge in [-0.3, -0.25) is 4.68 Å². The molecule has 2 N–H and O–H groups in total. The third-order valence-corrected chi connectivity index (χ3v) is 4.99. The number of hydrogen-bond donors (Lipinski definition) is 2. The zero-order chi connectivity index (χ0) is 15.5. The zero-order valence-corrected chi connectivity index (χ0v) is 13.0. The Hall–Kier alpha value is -1.41. The van der Waals surface area contributed by atoms with E-state index in [1.165, 1.54) is 17.9 Å². The number of benzene rings is 1. The Kier molecular flexibility index (Phi) is 5.00. The van der Waals surface area contributed by atoms with Gasteiger partial charge >= 0.3 is 0 Å². The summed E-state index contributed by atoms with van der Waals surface area (Å²) in [4.78, 5) is 0. The number of rotatable bonds is 6. The highest BCUT2D eigenvalue weighted by molar-refractivity contribution is 7.89. The molecule has 1 aromatic carbocycles. The summed E-state index contributed by atoms with van der Waals surface area (Å²) in [5.74, 6) is 0. The summed E-state index contributed by atoms with van der Waals surface area (Å²) in [7, 11) is -2.36. The molecule has 0 aliphatic heterocycles. The number of aliphatic hydroxyl groups is 1. The molecule has 0 fully saturated rings. The number of nitrogens with one attached hydrogen (secondary N) is 1. The lowest BCUT2D eigenvalue weighted by Crippen LogP contribution is -2.39. The number of aliphatic hydroxyl groups excluding tert-OH is 1. The number of aromatic nitrogens is 2. The zero-order valence-electron chi connectivity index (χ0n) is 11.4. The molecule has 0 saturated heterocycles. The van der Waals surface area contributed by atoms with Crippen LogP contribution >= 0.6 is 11.6 Å². The molecule has 1 heterocycles. The molecule has 0 aliphatic carbocycles. The molecule has 0 radical (unpaired) electrons. The van der Waals surface area contributed by atoms with Crippen molar-refractivity contribution in [2.24, 2.45) is 7.05 Å². The quantitative estimate of drug-likeness (QED) is 0.826. The van der Waals surface area contributed by atoms with Gasteiger partial charge in [0.2, 0.25) is 0 Å². The molecule has 0 bridgehead atoms. The average molecular weight is 330 g/mol. The first-order valence-electron chi connectivity index (χ1n) is 6.28. The predicted molar refractivity (Wildman–Crippen MR) is 79.6 cm³/mol. The Bertz CT molecular complexity index is 681. The largest absolute Gasteiger partial charge is 0.395 e. The smallest absolute Gasteiger partial charge is 0.259 e. The lowest BCUT2D eigenvalue weighted by molar-refractivity contribution is 0.256. The van der Waals surface area contributed by atoms with Gasteiger partial charge in [-0.05, 0) is 12.0 Å². The summed E-state index contributed by atoms with van der Waals surface area (Å²) >= 11 is 5.85. The second-order valence-electron chi connectivity index (χ2n) is 4.61. The molecule has 6 nitrogen and oxygen atoms in total. The second kappa shape index (κ2) is 6.57. The summed E-state index contributed by atoms with van der Waals surface area (Å²) in [6.07, 6.45) is 1.65. The highest BCUT2D eigenvalue weighted by Crippen LogP contribution is 2.20. The maximum absolute atomic E-state index is 12.3. The van der Waals surface area contributed by atoms with Crippen molar-refractivity contribution in [1.82, 2.24) is 14.5 Å². The Morgan fingerprint density at radius 1 is 1.38 bits per heavy atom. The SMILES string of the molecule is Cn1ncc(Cl)c1S(=O)(=O)N[C@H](CO)Cc1ccccc1. The van der Waals surface area contributed by atoms with Crippen molar-refractivity contribution in [3.8, 4) is 0 Å². The minimum absolute atomic E-state index is 0.0430. The van der Waals surface area contributed by atoms with Crippen molar-refractivity contribution in [2.45, 2.75) is 17.5 Å². The molecular weight excluding hydrogens is 314 g/mol. The van der Waals surface area contributed by atoms with E-state index in [1.54, 1.807) is 0 Å². The fourth-order valence-corrected chi connectivity index (χ4v) is 3.90. The van der Waals surface area contributed by atoms with Crippen LogP contribution in [0.3, 0.4) is 0 Å².